The van der Waals surface area contributed by atoms with Gasteiger partial charge in [0, 0.05) is 42.3 Å². The van der Waals surface area contributed by atoms with E-state index >= 15 is 0 Å². The summed E-state index contributed by atoms with van der Waals surface area (Å²) in [6.45, 7) is 1.94. The van der Waals surface area contributed by atoms with Crippen LogP contribution < -0.4 is 5.73 Å². The van der Waals surface area contributed by atoms with Gasteiger partial charge in [-0.05, 0) is 17.5 Å². The molecule has 1 aromatic heterocycles. The van der Waals surface area contributed by atoms with Gasteiger partial charge in [-0.25, -0.2) is 4.79 Å². The fourth-order valence-corrected chi connectivity index (χ4v) is 6.66. The van der Waals surface area contributed by atoms with Gasteiger partial charge < -0.3 is 20.1 Å². The lowest BCUT2D eigenvalue weighted by molar-refractivity contribution is -0.965. The Kier molecular flexibility index (Phi) is 5.39. The first kappa shape index (κ1) is 22.8. The number of nitrogens with two attached hydrogens (primary N) is 1. The number of aliphatic hydroxyl groups is 1. The van der Waals surface area contributed by atoms with E-state index in [9.17, 15) is 14.7 Å². The minimum Gasteiger partial charge on any atom is -0.453 e. The molecule has 3 fully saturated rings. The van der Waals surface area contributed by atoms with E-state index in [1.165, 1.54) is 0 Å². The number of carbonyl (C=O) groups excluding carboxylic acids is 2. The Morgan fingerprint density at radius 2 is 1.67 bits per heavy atom. The molecular weight excluding hydrogens is 456 g/mol. The molecule has 2 atom stereocenters. The van der Waals surface area contributed by atoms with Crippen molar-refractivity contribution in [2.24, 2.45) is 11.7 Å². The van der Waals surface area contributed by atoms with Gasteiger partial charge in [0.05, 0.1) is 19.3 Å². The minimum atomic E-state index is -1.89. The summed E-state index contributed by atoms with van der Waals surface area (Å²) in [7, 11) is 0. The highest BCUT2D eigenvalue weighted by Crippen LogP contribution is 2.45. The number of hydrogen-bond acceptors (Lipinski definition) is 6. The van der Waals surface area contributed by atoms with E-state index in [-0.39, 0.29) is 5.92 Å². The molecule has 8 nitrogen and oxygen atoms in total. The van der Waals surface area contributed by atoms with Crippen molar-refractivity contribution in [1.29, 1.82) is 0 Å². The number of nitrogens with zero attached hydrogens (tertiary/aromatic N) is 3. The second-order valence-corrected chi connectivity index (χ2v) is 10.3. The van der Waals surface area contributed by atoms with Gasteiger partial charge in [-0.1, -0.05) is 48.5 Å². The largest absolute Gasteiger partial charge is 0.453 e. The second kappa shape index (κ2) is 8.50. The molecule has 3 aromatic rings. The van der Waals surface area contributed by atoms with Crippen LogP contribution in [0.2, 0.25) is 0 Å². The molecule has 1 aliphatic carbocycles. The smallest absolute Gasteiger partial charge is 0.348 e. The molecule has 0 saturated carbocycles. The van der Waals surface area contributed by atoms with Crippen molar-refractivity contribution in [2.75, 3.05) is 19.6 Å². The lowest BCUT2D eigenvalue weighted by Crippen LogP contribution is -2.67. The maximum Gasteiger partial charge on any atom is 0.348 e. The van der Waals surface area contributed by atoms with Crippen molar-refractivity contribution in [3.05, 3.63) is 95.1 Å². The summed E-state index contributed by atoms with van der Waals surface area (Å²) >= 11 is 0. The first-order chi connectivity index (χ1) is 17.4. The number of piperidine rings is 3. The van der Waals surface area contributed by atoms with E-state index in [2.05, 4.69) is 9.97 Å². The standard InChI is InChI=1S/C28H28N4O4/c29-26(33)25(23-16-30-11-12-31-23)32-13-9-18(10-14-32)24(17-32)36-27(34)28(35)21-7-3-1-5-19(21)15-20-6-2-4-8-22(20)28/h1-8,11-12,16,18,24-25,35H,9-10,13-15,17H2,(H-,29,33)/p+1/t18?,24-,25?,32?/m0/s1. The molecular formula is C28H29N4O4+. The number of rotatable bonds is 5. The number of quaternary nitrogens is 1. The normalized spacial score (nSPS) is 26.4. The molecule has 0 spiro atoms. The van der Waals surface area contributed by atoms with Crippen molar-refractivity contribution < 1.29 is 23.9 Å². The fourth-order valence-electron chi connectivity index (χ4n) is 6.66. The molecule has 4 heterocycles. The molecule has 3 aliphatic heterocycles. The Balaban J connectivity index is 1.34. The molecule has 8 heteroatoms. The highest BCUT2D eigenvalue weighted by atomic mass is 16.6. The summed E-state index contributed by atoms with van der Waals surface area (Å²) in [5, 5.41) is 12.0. The van der Waals surface area contributed by atoms with Crippen molar-refractivity contribution in [1.82, 2.24) is 9.97 Å². The Morgan fingerprint density at radius 3 is 2.25 bits per heavy atom. The second-order valence-electron chi connectivity index (χ2n) is 10.3. The van der Waals surface area contributed by atoms with E-state index < -0.39 is 29.6 Å². The van der Waals surface area contributed by atoms with Gasteiger partial charge in [0.2, 0.25) is 11.6 Å². The molecule has 3 N–H and O–H groups in total. The maximum absolute atomic E-state index is 13.9. The van der Waals surface area contributed by atoms with Crippen LogP contribution in [0.3, 0.4) is 0 Å². The van der Waals surface area contributed by atoms with E-state index in [1.54, 1.807) is 30.7 Å². The quantitative estimate of drug-likeness (QED) is 0.422. The van der Waals surface area contributed by atoms with Crippen molar-refractivity contribution in [2.45, 2.75) is 37.0 Å². The molecule has 184 valence electrons. The Labute approximate surface area is 209 Å². The Hall–Kier alpha value is -3.62. The number of amides is 1. The average Bonchev–Trinajstić information content (AvgIpc) is 2.90. The van der Waals surface area contributed by atoms with Crippen molar-refractivity contribution in [3.63, 3.8) is 0 Å². The van der Waals surface area contributed by atoms with Crippen LogP contribution in [-0.4, -0.2) is 57.2 Å². The maximum atomic E-state index is 13.9. The van der Waals surface area contributed by atoms with Crippen molar-refractivity contribution in [3.8, 4) is 0 Å². The molecule has 0 radical (unpaired) electrons. The Morgan fingerprint density at radius 1 is 1.03 bits per heavy atom. The van der Waals surface area contributed by atoms with Gasteiger partial charge in [-0.15, -0.1) is 0 Å². The Bertz CT molecular complexity index is 1270. The van der Waals surface area contributed by atoms with Gasteiger partial charge in [0.1, 0.15) is 12.2 Å². The van der Waals surface area contributed by atoms with Gasteiger partial charge in [0.25, 0.3) is 5.91 Å². The van der Waals surface area contributed by atoms with Crippen LogP contribution in [0.1, 0.15) is 46.8 Å². The minimum absolute atomic E-state index is 0.169. The zero-order valence-electron chi connectivity index (χ0n) is 19.9. The van der Waals surface area contributed by atoms with Crippen LogP contribution in [0, 0.1) is 5.92 Å². The van der Waals surface area contributed by atoms with Crippen LogP contribution in [0.15, 0.2) is 67.1 Å². The average molecular weight is 486 g/mol. The van der Waals surface area contributed by atoms with Crippen LogP contribution in [0.4, 0.5) is 0 Å². The number of hydrogen-bond donors (Lipinski definition) is 2. The van der Waals surface area contributed by atoms with E-state index in [1.807, 2.05) is 36.4 Å². The highest BCUT2D eigenvalue weighted by molar-refractivity contribution is 5.87. The lowest BCUT2D eigenvalue weighted by atomic mass is 9.74. The number of benzene rings is 2. The van der Waals surface area contributed by atoms with Gasteiger partial charge in [-0.2, -0.15) is 0 Å². The first-order valence-corrected chi connectivity index (χ1v) is 12.4. The number of aromatic nitrogens is 2. The third kappa shape index (κ3) is 3.43. The summed E-state index contributed by atoms with van der Waals surface area (Å²) in [6.07, 6.45) is 6.51. The van der Waals surface area contributed by atoms with Crippen molar-refractivity contribution >= 4 is 11.9 Å². The third-order valence-corrected chi connectivity index (χ3v) is 8.39. The molecule has 1 amide bonds. The number of fused-ring (bicyclic) bond motifs is 5. The summed E-state index contributed by atoms with van der Waals surface area (Å²) in [4.78, 5) is 35.1. The zero-order valence-corrected chi connectivity index (χ0v) is 19.9. The van der Waals surface area contributed by atoms with E-state index in [0.29, 0.717) is 34.3 Å². The van der Waals surface area contributed by atoms with Gasteiger partial charge in [-0.3, -0.25) is 14.8 Å². The number of primary amides is 1. The molecule has 4 aliphatic rings. The fraction of sp³-hybridized carbons (Fsp3) is 0.357. The lowest BCUT2D eigenvalue weighted by Gasteiger charge is -2.54. The number of carbonyl (C=O) groups is 2. The predicted molar refractivity (Wildman–Crippen MR) is 130 cm³/mol. The highest BCUT2D eigenvalue weighted by Gasteiger charge is 2.56. The van der Waals surface area contributed by atoms with Crippen LogP contribution >= 0.6 is 0 Å². The monoisotopic (exact) mass is 485 g/mol. The molecule has 3 saturated heterocycles. The molecule has 2 aromatic carbocycles. The topological polar surface area (TPSA) is 115 Å². The summed E-state index contributed by atoms with van der Waals surface area (Å²) in [5.74, 6) is -0.967. The number of ether oxygens (including phenoxy) is 1. The zero-order chi connectivity index (χ0) is 24.9. The van der Waals surface area contributed by atoms with Crippen LogP contribution in [0.25, 0.3) is 0 Å². The number of esters is 1. The van der Waals surface area contributed by atoms with Crippen LogP contribution in [0.5, 0.6) is 0 Å². The summed E-state index contributed by atoms with van der Waals surface area (Å²) < 4.78 is 6.56. The molecule has 36 heavy (non-hydrogen) atoms. The van der Waals surface area contributed by atoms with Gasteiger partial charge >= 0.3 is 5.97 Å². The third-order valence-electron chi connectivity index (χ3n) is 8.39. The molecule has 7 rings (SSSR count). The summed E-state index contributed by atoms with van der Waals surface area (Å²) in [5.41, 5.74) is 7.48. The SMILES string of the molecule is NC(=O)C(c1cnccn1)[N+]12CCC(CC1)[C@@H](OC(=O)C1(O)c3ccccc3Cc3ccccc31)C2. The van der Waals surface area contributed by atoms with E-state index in [0.717, 1.165) is 37.1 Å². The predicted octanol–water partition coefficient (Wildman–Crippen LogP) is 2.00. The first-order valence-electron chi connectivity index (χ1n) is 12.4. The van der Waals surface area contributed by atoms with Gasteiger partial charge in [0.15, 0.2) is 6.10 Å². The molecule has 2 bridgehead atoms. The van der Waals surface area contributed by atoms with E-state index in [4.69, 9.17) is 10.5 Å². The summed E-state index contributed by atoms with van der Waals surface area (Å²) in [6, 6.07) is 14.3. The van der Waals surface area contributed by atoms with Crippen LogP contribution in [-0.2, 0) is 26.3 Å². The molecule has 1 unspecified atom stereocenters.